The third kappa shape index (κ3) is 1.56. The van der Waals surface area contributed by atoms with E-state index >= 15 is 0 Å². The van der Waals surface area contributed by atoms with Crippen molar-refractivity contribution in [3.8, 4) is 0 Å². The van der Waals surface area contributed by atoms with Gasteiger partial charge in [-0.15, -0.1) is 0 Å². The molecule has 0 saturated carbocycles. The SMILES string of the molecule is O[C@H]1[C@H](O)[C@H](n2ncc3c([S-])ncnc32)O[C@H]1O. The molecule has 8 nitrogen and oxygen atoms in total. The molecule has 1 aliphatic rings. The summed E-state index contributed by atoms with van der Waals surface area (Å²) >= 11 is 5.01. The van der Waals surface area contributed by atoms with Gasteiger partial charge in [0, 0.05) is 5.39 Å². The smallest absolute Gasteiger partial charge is 0.186 e. The topological polar surface area (TPSA) is 114 Å². The van der Waals surface area contributed by atoms with Crippen LogP contribution >= 0.6 is 0 Å². The number of fused-ring (bicyclic) bond motifs is 1. The van der Waals surface area contributed by atoms with E-state index in [1.165, 1.54) is 17.2 Å². The molecular weight excluding hydrogens is 260 g/mol. The van der Waals surface area contributed by atoms with Gasteiger partial charge in [0.2, 0.25) is 0 Å². The second-order valence-electron chi connectivity index (χ2n) is 3.90. The second-order valence-corrected chi connectivity index (χ2v) is 4.29. The number of hydrogen-bond acceptors (Lipinski definition) is 8. The minimum Gasteiger partial charge on any atom is -0.759 e. The average molecular weight is 269 g/mol. The molecule has 3 rings (SSSR count). The number of rotatable bonds is 1. The summed E-state index contributed by atoms with van der Waals surface area (Å²) in [6.45, 7) is 0. The highest BCUT2D eigenvalue weighted by molar-refractivity contribution is 7.59. The van der Waals surface area contributed by atoms with E-state index in [1.807, 2.05) is 0 Å². The first-order valence-electron chi connectivity index (χ1n) is 5.14. The maximum Gasteiger partial charge on any atom is 0.186 e. The molecule has 0 bridgehead atoms. The summed E-state index contributed by atoms with van der Waals surface area (Å²) in [6.07, 6.45) is -2.45. The van der Waals surface area contributed by atoms with Crippen LogP contribution in [0.4, 0.5) is 0 Å². The summed E-state index contributed by atoms with van der Waals surface area (Å²) in [4.78, 5) is 7.84. The van der Waals surface area contributed by atoms with Gasteiger partial charge in [0.05, 0.1) is 6.20 Å². The lowest BCUT2D eigenvalue weighted by Gasteiger charge is -2.15. The fourth-order valence-electron chi connectivity index (χ4n) is 1.87. The summed E-state index contributed by atoms with van der Waals surface area (Å²) in [5.74, 6) is 0. The lowest BCUT2D eigenvalue weighted by molar-refractivity contribution is -0.143. The standard InChI is InChI=1S/C9H10N4O4S/c14-4-5(15)9(16)17-8(4)13-6-3(1-12-13)7(18)11-2-10-6/h1-2,4-5,8-9,14-16H,(H,10,11,18)/p-1/t4-,5-,8+,9+/m0/s1. The first-order chi connectivity index (χ1) is 8.59. The molecule has 9 heteroatoms. The minimum absolute atomic E-state index is 0.333. The fourth-order valence-corrected chi connectivity index (χ4v) is 2.06. The summed E-state index contributed by atoms with van der Waals surface area (Å²) in [7, 11) is 0. The average Bonchev–Trinajstić information content (AvgIpc) is 2.88. The van der Waals surface area contributed by atoms with E-state index in [1.54, 1.807) is 0 Å². The molecule has 0 unspecified atom stereocenters. The van der Waals surface area contributed by atoms with Crippen LogP contribution in [0.15, 0.2) is 17.6 Å². The Bertz CT molecular complexity index is 591. The highest BCUT2D eigenvalue weighted by atomic mass is 32.1. The highest BCUT2D eigenvalue weighted by Gasteiger charge is 2.43. The van der Waals surface area contributed by atoms with Crippen LogP contribution in [0.2, 0.25) is 0 Å². The van der Waals surface area contributed by atoms with Gasteiger partial charge in [0.25, 0.3) is 0 Å². The van der Waals surface area contributed by atoms with Crippen molar-refractivity contribution in [2.75, 3.05) is 0 Å². The number of hydrogen-bond donors (Lipinski definition) is 3. The van der Waals surface area contributed by atoms with Gasteiger partial charge >= 0.3 is 0 Å². The van der Waals surface area contributed by atoms with E-state index in [2.05, 4.69) is 15.1 Å². The lowest BCUT2D eigenvalue weighted by Crippen LogP contribution is -2.31. The van der Waals surface area contributed by atoms with Gasteiger partial charge in [-0.1, -0.05) is 5.03 Å². The van der Waals surface area contributed by atoms with E-state index in [9.17, 15) is 15.3 Å². The third-order valence-corrected chi connectivity index (χ3v) is 3.13. The van der Waals surface area contributed by atoms with Crippen LogP contribution < -0.4 is 0 Å². The Morgan fingerprint density at radius 1 is 1.22 bits per heavy atom. The lowest BCUT2D eigenvalue weighted by atomic mass is 10.2. The van der Waals surface area contributed by atoms with E-state index in [4.69, 9.17) is 17.4 Å². The molecule has 1 saturated heterocycles. The van der Waals surface area contributed by atoms with Crippen LogP contribution in [-0.2, 0) is 17.4 Å². The number of aliphatic hydroxyl groups is 3. The molecule has 0 spiro atoms. The molecule has 3 N–H and O–H groups in total. The molecule has 96 valence electrons. The van der Waals surface area contributed by atoms with Gasteiger partial charge in [-0.25, -0.2) is 9.67 Å². The Morgan fingerprint density at radius 2 is 2.00 bits per heavy atom. The maximum absolute atomic E-state index is 9.76. The van der Waals surface area contributed by atoms with Crippen molar-refractivity contribution < 1.29 is 20.1 Å². The molecule has 0 aromatic carbocycles. The van der Waals surface area contributed by atoms with E-state index in [0.717, 1.165) is 0 Å². The Morgan fingerprint density at radius 3 is 2.67 bits per heavy atom. The Kier molecular flexibility index (Phi) is 2.64. The predicted octanol–water partition coefficient (Wildman–Crippen LogP) is -1.70. The number of aliphatic hydroxyl groups excluding tert-OH is 3. The van der Waals surface area contributed by atoms with Crippen LogP contribution in [0, 0.1) is 0 Å². The molecule has 3 heterocycles. The van der Waals surface area contributed by atoms with Crippen molar-refractivity contribution >= 4 is 23.7 Å². The van der Waals surface area contributed by atoms with Crippen LogP contribution in [0.25, 0.3) is 11.0 Å². The summed E-state index contributed by atoms with van der Waals surface area (Å²) in [6, 6.07) is 0. The van der Waals surface area contributed by atoms with Crippen molar-refractivity contribution in [1.29, 1.82) is 0 Å². The zero-order valence-corrected chi connectivity index (χ0v) is 9.73. The van der Waals surface area contributed by atoms with E-state index in [-0.39, 0.29) is 0 Å². The van der Waals surface area contributed by atoms with E-state index < -0.39 is 24.7 Å². The van der Waals surface area contributed by atoms with Crippen LogP contribution in [0.5, 0.6) is 0 Å². The van der Waals surface area contributed by atoms with Crippen molar-refractivity contribution in [3.63, 3.8) is 0 Å². The van der Waals surface area contributed by atoms with Crippen LogP contribution in [0.1, 0.15) is 6.23 Å². The number of nitrogens with zero attached hydrogens (tertiary/aromatic N) is 4. The highest BCUT2D eigenvalue weighted by Crippen LogP contribution is 2.30. The second kappa shape index (κ2) is 4.07. The first-order valence-corrected chi connectivity index (χ1v) is 5.55. The quantitative estimate of drug-likeness (QED) is 0.415. The van der Waals surface area contributed by atoms with Gasteiger partial charge in [-0.05, 0) is 0 Å². The van der Waals surface area contributed by atoms with Crippen molar-refractivity contribution in [2.45, 2.75) is 29.8 Å². The Balaban J connectivity index is 2.08. The molecule has 0 amide bonds. The molecule has 2 aromatic heterocycles. The largest absolute Gasteiger partial charge is 0.759 e. The van der Waals surface area contributed by atoms with Gasteiger partial charge in [0.1, 0.15) is 18.5 Å². The van der Waals surface area contributed by atoms with Crippen molar-refractivity contribution in [1.82, 2.24) is 19.7 Å². The molecule has 0 radical (unpaired) electrons. The third-order valence-electron chi connectivity index (χ3n) is 2.81. The van der Waals surface area contributed by atoms with E-state index in [0.29, 0.717) is 16.1 Å². The van der Waals surface area contributed by atoms with Gasteiger partial charge < -0.3 is 32.7 Å². The van der Waals surface area contributed by atoms with Gasteiger partial charge in [-0.3, -0.25) is 4.98 Å². The molecule has 0 aliphatic carbocycles. The van der Waals surface area contributed by atoms with Gasteiger partial charge in [-0.2, -0.15) is 5.10 Å². The minimum atomic E-state index is -1.46. The zero-order chi connectivity index (χ0) is 12.9. The normalized spacial score (nSPS) is 32.2. The number of ether oxygens (including phenoxy) is 1. The van der Waals surface area contributed by atoms with Crippen molar-refractivity contribution in [3.05, 3.63) is 12.5 Å². The first kappa shape index (κ1) is 11.7. The molecule has 1 aliphatic heterocycles. The Labute approximate surface area is 106 Å². The fraction of sp³-hybridized carbons (Fsp3) is 0.444. The predicted molar refractivity (Wildman–Crippen MR) is 59.1 cm³/mol. The maximum atomic E-state index is 9.76. The van der Waals surface area contributed by atoms with Crippen LogP contribution in [-0.4, -0.2) is 53.6 Å². The summed E-state index contributed by atoms with van der Waals surface area (Å²) in [5, 5.41) is 33.4. The Hall–Kier alpha value is -1.39. The monoisotopic (exact) mass is 269 g/mol. The molecule has 18 heavy (non-hydrogen) atoms. The molecule has 1 fully saturated rings. The zero-order valence-electron chi connectivity index (χ0n) is 8.91. The number of aromatic nitrogens is 4. The van der Waals surface area contributed by atoms with Crippen molar-refractivity contribution in [2.24, 2.45) is 0 Å². The van der Waals surface area contributed by atoms with Crippen LogP contribution in [0.3, 0.4) is 0 Å². The molecule has 2 aromatic rings. The summed E-state index contributed by atoms with van der Waals surface area (Å²) < 4.78 is 6.30. The molecular formula is C9H9N4O4S-. The molecule has 4 atom stereocenters. The summed E-state index contributed by atoms with van der Waals surface area (Å²) in [5.41, 5.74) is 0.375. The van der Waals surface area contributed by atoms with Gasteiger partial charge in [0.15, 0.2) is 18.2 Å².